The van der Waals surface area contributed by atoms with Crippen molar-refractivity contribution in [3.05, 3.63) is 0 Å². The SMILES string of the molecule is CCCCCCCCCCCCN1CCN(C)C1=O. The zero-order valence-corrected chi connectivity index (χ0v) is 13.0. The first-order chi connectivity index (χ1) is 9.25. The fourth-order valence-corrected chi connectivity index (χ4v) is 2.70. The van der Waals surface area contributed by atoms with E-state index in [1.54, 1.807) is 0 Å². The number of hydrogen-bond donors (Lipinski definition) is 0. The molecular weight excluding hydrogens is 236 g/mol. The number of carbonyl (C=O) groups is 1. The van der Waals surface area contributed by atoms with Gasteiger partial charge in [0.05, 0.1) is 0 Å². The van der Waals surface area contributed by atoms with Crippen LogP contribution in [-0.2, 0) is 0 Å². The van der Waals surface area contributed by atoms with Crippen molar-refractivity contribution in [2.75, 3.05) is 26.7 Å². The first kappa shape index (κ1) is 16.3. The van der Waals surface area contributed by atoms with Crippen LogP contribution in [0.3, 0.4) is 0 Å². The van der Waals surface area contributed by atoms with Gasteiger partial charge in [-0.2, -0.15) is 0 Å². The Kier molecular flexibility index (Phi) is 8.68. The molecule has 2 amide bonds. The van der Waals surface area contributed by atoms with Crippen LogP contribution in [-0.4, -0.2) is 42.5 Å². The molecular formula is C16H32N2O. The zero-order chi connectivity index (χ0) is 13.9. The molecule has 112 valence electrons. The molecule has 1 aliphatic heterocycles. The van der Waals surface area contributed by atoms with E-state index >= 15 is 0 Å². The van der Waals surface area contributed by atoms with Gasteiger partial charge in [0, 0.05) is 26.7 Å². The van der Waals surface area contributed by atoms with Crippen LogP contribution in [0.5, 0.6) is 0 Å². The van der Waals surface area contributed by atoms with Gasteiger partial charge < -0.3 is 9.80 Å². The minimum Gasteiger partial charge on any atom is -0.326 e. The highest BCUT2D eigenvalue weighted by Crippen LogP contribution is 2.12. The average molecular weight is 268 g/mol. The van der Waals surface area contributed by atoms with Crippen LogP contribution in [0.25, 0.3) is 0 Å². The van der Waals surface area contributed by atoms with Crippen LogP contribution < -0.4 is 0 Å². The van der Waals surface area contributed by atoms with Crippen molar-refractivity contribution in [3.63, 3.8) is 0 Å². The van der Waals surface area contributed by atoms with Gasteiger partial charge in [0.25, 0.3) is 0 Å². The molecule has 19 heavy (non-hydrogen) atoms. The number of amides is 2. The average Bonchev–Trinajstić information content (AvgIpc) is 2.73. The Morgan fingerprint density at radius 2 is 1.37 bits per heavy atom. The van der Waals surface area contributed by atoms with E-state index in [0.717, 1.165) is 19.6 Å². The summed E-state index contributed by atoms with van der Waals surface area (Å²) in [5.74, 6) is 0. The Morgan fingerprint density at radius 1 is 0.842 bits per heavy atom. The maximum Gasteiger partial charge on any atom is 0.319 e. The molecule has 0 aromatic carbocycles. The van der Waals surface area contributed by atoms with E-state index in [2.05, 4.69) is 6.92 Å². The third-order valence-electron chi connectivity index (χ3n) is 4.08. The second-order valence-corrected chi connectivity index (χ2v) is 5.87. The molecule has 1 aliphatic rings. The third-order valence-corrected chi connectivity index (χ3v) is 4.08. The largest absolute Gasteiger partial charge is 0.326 e. The highest BCUT2D eigenvalue weighted by Gasteiger charge is 2.23. The van der Waals surface area contributed by atoms with E-state index < -0.39 is 0 Å². The summed E-state index contributed by atoms with van der Waals surface area (Å²) in [6.07, 6.45) is 13.6. The summed E-state index contributed by atoms with van der Waals surface area (Å²) >= 11 is 0. The lowest BCUT2D eigenvalue weighted by Gasteiger charge is -2.15. The minimum absolute atomic E-state index is 0.218. The van der Waals surface area contributed by atoms with Gasteiger partial charge >= 0.3 is 6.03 Å². The second-order valence-electron chi connectivity index (χ2n) is 5.87. The maximum absolute atomic E-state index is 11.6. The first-order valence-electron chi connectivity index (χ1n) is 8.25. The molecule has 3 heteroatoms. The first-order valence-corrected chi connectivity index (χ1v) is 8.25. The Bertz CT molecular complexity index is 243. The predicted octanol–water partition coefficient (Wildman–Crippen LogP) is 4.27. The summed E-state index contributed by atoms with van der Waals surface area (Å²) in [5, 5.41) is 0. The molecule has 0 unspecified atom stereocenters. The monoisotopic (exact) mass is 268 g/mol. The highest BCUT2D eigenvalue weighted by atomic mass is 16.2. The Hall–Kier alpha value is -0.730. The number of urea groups is 1. The molecule has 0 bridgehead atoms. The van der Waals surface area contributed by atoms with Crippen LogP contribution >= 0.6 is 0 Å². The van der Waals surface area contributed by atoms with Gasteiger partial charge in [-0.1, -0.05) is 64.7 Å². The molecule has 1 heterocycles. The van der Waals surface area contributed by atoms with Gasteiger partial charge in [-0.3, -0.25) is 0 Å². The summed E-state index contributed by atoms with van der Waals surface area (Å²) in [7, 11) is 1.89. The van der Waals surface area contributed by atoms with E-state index in [1.165, 1.54) is 64.2 Å². The van der Waals surface area contributed by atoms with Crippen molar-refractivity contribution in [2.24, 2.45) is 0 Å². The lowest BCUT2D eigenvalue weighted by molar-refractivity contribution is 0.198. The van der Waals surface area contributed by atoms with Crippen molar-refractivity contribution in [2.45, 2.75) is 71.1 Å². The molecule has 1 fully saturated rings. The van der Waals surface area contributed by atoms with E-state index in [0.29, 0.717) is 0 Å². The summed E-state index contributed by atoms with van der Waals surface area (Å²) in [6.45, 7) is 5.05. The molecule has 0 radical (unpaired) electrons. The zero-order valence-electron chi connectivity index (χ0n) is 13.0. The standard InChI is InChI=1S/C16H32N2O/c1-3-4-5-6-7-8-9-10-11-12-13-18-15-14-17(2)16(18)19/h3-15H2,1-2H3. The fraction of sp³-hybridized carbons (Fsp3) is 0.938. The van der Waals surface area contributed by atoms with Crippen LogP contribution in [0.4, 0.5) is 4.79 Å². The topological polar surface area (TPSA) is 23.6 Å². The molecule has 0 aromatic heterocycles. The summed E-state index contributed by atoms with van der Waals surface area (Å²) in [4.78, 5) is 15.5. The minimum atomic E-state index is 0.218. The molecule has 0 saturated carbocycles. The van der Waals surface area contributed by atoms with E-state index in [1.807, 2.05) is 16.8 Å². The molecule has 0 N–H and O–H groups in total. The van der Waals surface area contributed by atoms with Crippen LogP contribution in [0.2, 0.25) is 0 Å². The highest BCUT2D eigenvalue weighted by molar-refractivity contribution is 5.76. The summed E-state index contributed by atoms with van der Waals surface area (Å²) < 4.78 is 0. The third kappa shape index (κ3) is 6.84. The number of carbonyl (C=O) groups excluding carboxylic acids is 1. The van der Waals surface area contributed by atoms with Crippen LogP contribution in [0.15, 0.2) is 0 Å². The maximum atomic E-state index is 11.6. The smallest absolute Gasteiger partial charge is 0.319 e. The van der Waals surface area contributed by atoms with Gasteiger partial charge in [0.1, 0.15) is 0 Å². The molecule has 3 nitrogen and oxygen atoms in total. The molecule has 0 spiro atoms. The second kappa shape index (κ2) is 10.1. The van der Waals surface area contributed by atoms with Gasteiger partial charge in [-0.05, 0) is 6.42 Å². The van der Waals surface area contributed by atoms with Crippen molar-refractivity contribution in [3.8, 4) is 0 Å². The lowest BCUT2D eigenvalue weighted by atomic mass is 10.1. The van der Waals surface area contributed by atoms with Crippen molar-refractivity contribution in [1.29, 1.82) is 0 Å². The number of unbranched alkanes of at least 4 members (excludes halogenated alkanes) is 9. The normalized spacial score (nSPS) is 15.6. The number of likely N-dealkylation sites (N-methyl/N-ethyl adjacent to an activating group) is 1. The quantitative estimate of drug-likeness (QED) is 0.513. The van der Waals surface area contributed by atoms with Crippen molar-refractivity contribution in [1.82, 2.24) is 9.80 Å². The molecule has 1 rings (SSSR count). The Balaban J connectivity index is 1.83. The predicted molar refractivity (Wildman–Crippen MR) is 81.4 cm³/mol. The number of rotatable bonds is 11. The van der Waals surface area contributed by atoms with Gasteiger partial charge in [-0.15, -0.1) is 0 Å². The van der Waals surface area contributed by atoms with Crippen molar-refractivity contribution < 1.29 is 4.79 Å². The van der Waals surface area contributed by atoms with Crippen LogP contribution in [0.1, 0.15) is 71.1 Å². The van der Waals surface area contributed by atoms with Gasteiger partial charge in [-0.25, -0.2) is 4.79 Å². The lowest BCUT2D eigenvalue weighted by Crippen LogP contribution is -2.30. The fourth-order valence-electron chi connectivity index (χ4n) is 2.70. The van der Waals surface area contributed by atoms with Crippen molar-refractivity contribution >= 4 is 6.03 Å². The van der Waals surface area contributed by atoms with E-state index in [-0.39, 0.29) is 6.03 Å². The Morgan fingerprint density at radius 3 is 1.84 bits per heavy atom. The molecule has 1 saturated heterocycles. The summed E-state index contributed by atoms with van der Waals surface area (Å²) in [6, 6.07) is 0.218. The molecule has 0 aliphatic carbocycles. The van der Waals surface area contributed by atoms with E-state index in [4.69, 9.17) is 0 Å². The number of hydrogen-bond acceptors (Lipinski definition) is 1. The Labute approximate surface area is 119 Å². The summed E-state index contributed by atoms with van der Waals surface area (Å²) in [5.41, 5.74) is 0. The number of nitrogens with zero attached hydrogens (tertiary/aromatic N) is 2. The van der Waals surface area contributed by atoms with Gasteiger partial charge in [0.15, 0.2) is 0 Å². The molecule has 0 atom stereocenters. The van der Waals surface area contributed by atoms with E-state index in [9.17, 15) is 4.79 Å². The molecule has 0 aromatic rings. The van der Waals surface area contributed by atoms with Gasteiger partial charge in [0.2, 0.25) is 0 Å². The van der Waals surface area contributed by atoms with Crippen LogP contribution in [0, 0.1) is 0 Å².